The maximum Gasteiger partial charge on any atom is 0.167 e. The van der Waals surface area contributed by atoms with Crippen LogP contribution in [0, 0.1) is 35.0 Å². The quantitative estimate of drug-likeness (QED) is 0.316. The van der Waals surface area contributed by atoms with Crippen molar-refractivity contribution in [3.8, 4) is 22.3 Å². The first-order chi connectivity index (χ1) is 16.8. The van der Waals surface area contributed by atoms with Crippen molar-refractivity contribution in [3.05, 3.63) is 88.8 Å². The molecule has 6 heteroatoms. The molecule has 1 aliphatic rings. The molecular formula is C29H27F5O. The highest BCUT2D eigenvalue weighted by molar-refractivity contribution is 5.73. The number of benzene rings is 3. The lowest BCUT2D eigenvalue weighted by molar-refractivity contribution is -0.0214. The number of hydrogen-bond acceptors (Lipinski definition) is 1. The van der Waals surface area contributed by atoms with Crippen LogP contribution >= 0.6 is 0 Å². The molecule has 3 aromatic carbocycles. The van der Waals surface area contributed by atoms with Crippen LogP contribution in [0.3, 0.4) is 0 Å². The third-order valence-corrected chi connectivity index (χ3v) is 6.54. The molecule has 1 heterocycles. The molecule has 0 spiro atoms. The Morgan fingerprint density at radius 2 is 1.40 bits per heavy atom. The Labute approximate surface area is 202 Å². The molecule has 3 aromatic rings. The van der Waals surface area contributed by atoms with Gasteiger partial charge in [0.15, 0.2) is 23.3 Å². The van der Waals surface area contributed by atoms with E-state index in [-0.39, 0.29) is 16.7 Å². The highest BCUT2D eigenvalue weighted by Gasteiger charge is 2.28. The van der Waals surface area contributed by atoms with Crippen molar-refractivity contribution < 1.29 is 26.7 Å². The van der Waals surface area contributed by atoms with Gasteiger partial charge in [-0.05, 0) is 43.7 Å². The highest BCUT2D eigenvalue weighted by atomic mass is 19.2. The maximum atomic E-state index is 15.0. The zero-order valence-corrected chi connectivity index (χ0v) is 19.7. The van der Waals surface area contributed by atoms with Gasteiger partial charge in [0.25, 0.3) is 0 Å². The molecule has 0 saturated carbocycles. The summed E-state index contributed by atoms with van der Waals surface area (Å²) < 4.78 is 80.3. The maximum absolute atomic E-state index is 15.0. The fourth-order valence-electron chi connectivity index (χ4n) is 4.72. The molecule has 2 unspecified atom stereocenters. The van der Waals surface area contributed by atoms with Crippen LogP contribution in [0.4, 0.5) is 22.0 Å². The summed E-state index contributed by atoms with van der Waals surface area (Å²) in [6, 6.07) is 9.05. The largest absolute Gasteiger partial charge is 0.373 e. The molecule has 0 aromatic heterocycles. The van der Waals surface area contributed by atoms with Crippen LogP contribution in [0.5, 0.6) is 0 Å². The summed E-state index contributed by atoms with van der Waals surface area (Å²) in [7, 11) is 0. The molecule has 0 aliphatic carbocycles. The van der Waals surface area contributed by atoms with E-state index in [4.69, 9.17) is 4.74 Å². The molecular weight excluding hydrogens is 459 g/mol. The first-order valence-corrected chi connectivity index (χ1v) is 11.9. The minimum Gasteiger partial charge on any atom is -0.373 e. The van der Waals surface area contributed by atoms with Crippen LogP contribution in [-0.4, -0.2) is 6.61 Å². The molecule has 0 N–H and O–H groups in total. The summed E-state index contributed by atoms with van der Waals surface area (Å²) in [5.41, 5.74) is -0.622. The monoisotopic (exact) mass is 486 g/mol. The van der Waals surface area contributed by atoms with Gasteiger partial charge in [-0.3, -0.25) is 0 Å². The number of rotatable bonds is 6. The van der Waals surface area contributed by atoms with E-state index in [2.05, 4.69) is 6.92 Å². The summed E-state index contributed by atoms with van der Waals surface area (Å²) in [6.45, 7) is 4.35. The normalized spacial score (nSPS) is 18.4. The molecule has 1 nitrogen and oxygen atoms in total. The van der Waals surface area contributed by atoms with Crippen LogP contribution in [0.25, 0.3) is 28.3 Å². The van der Waals surface area contributed by atoms with Crippen LogP contribution in [0.2, 0.25) is 0 Å². The van der Waals surface area contributed by atoms with Crippen LogP contribution in [0.1, 0.15) is 56.8 Å². The van der Waals surface area contributed by atoms with Crippen molar-refractivity contribution in [2.75, 3.05) is 6.61 Å². The fourth-order valence-corrected chi connectivity index (χ4v) is 4.72. The Morgan fingerprint density at radius 1 is 0.800 bits per heavy atom. The minimum atomic E-state index is -1.37. The van der Waals surface area contributed by atoms with E-state index in [0.717, 1.165) is 25.3 Å². The molecule has 1 fully saturated rings. The molecule has 35 heavy (non-hydrogen) atoms. The van der Waals surface area contributed by atoms with Crippen molar-refractivity contribution in [3.63, 3.8) is 0 Å². The predicted molar refractivity (Wildman–Crippen MR) is 128 cm³/mol. The average Bonchev–Trinajstić information content (AvgIpc) is 2.85. The topological polar surface area (TPSA) is 9.23 Å². The smallest absolute Gasteiger partial charge is 0.167 e. The Balaban J connectivity index is 1.65. The second-order valence-electron chi connectivity index (χ2n) is 8.91. The van der Waals surface area contributed by atoms with Crippen molar-refractivity contribution in [1.29, 1.82) is 0 Å². The zero-order valence-electron chi connectivity index (χ0n) is 19.7. The van der Waals surface area contributed by atoms with Crippen LogP contribution < -0.4 is 0 Å². The number of ether oxygens (including phenoxy) is 1. The van der Waals surface area contributed by atoms with Gasteiger partial charge in [0.1, 0.15) is 5.82 Å². The lowest BCUT2D eigenvalue weighted by Gasteiger charge is -2.29. The van der Waals surface area contributed by atoms with Crippen molar-refractivity contribution in [2.45, 2.75) is 45.6 Å². The molecule has 0 bridgehead atoms. The molecule has 1 saturated heterocycles. The molecule has 0 radical (unpaired) electrons. The second kappa shape index (κ2) is 10.7. The minimum absolute atomic E-state index is 0.0713. The van der Waals surface area contributed by atoms with Gasteiger partial charge in [-0.25, -0.2) is 22.0 Å². The predicted octanol–water partition coefficient (Wildman–Crippen LogP) is 9.02. The fraction of sp³-hybridized carbons (Fsp3) is 0.310. The number of allylic oxidation sites excluding steroid dienone is 1. The first kappa shape index (κ1) is 25.1. The average molecular weight is 487 g/mol. The van der Waals surface area contributed by atoms with E-state index in [9.17, 15) is 13.2 Å². The summed E-state index contributed by atoms with van der Waals surface area (Å²) in [6.07, 6.45) is 6.30. The van der Waals surface area contributed by atoms with E-state index in [1.54, 1.807) is 25.1 Å². The molecule has 1 aliphatic heterocycles. The van der Waals surface area contributed by atoms with E-state index < -0.39 is 46.3 Å². The van der Waals surface area contributed by atoms with Gasteiger partial charge in [-0.15, -0.1) is 0 Å². The number of hydrogen-bond donors (Lipinski definition) is 0. The third-order valence-electron chi connectivity index (χ3n) is 6.54. The van der Waals surface area contributed by atoms with Crippen molar-refractivity contribution in [1.82, 2.24) is 0 Å². The molecule has 184 valence electrons. The van der Waals surface area contributed by atoms with E-state index in [1.165, 1.54) is 30.3 Å². The van der Waals surface area contributed by atoms with Crippen molar-refractivity contribution in [2.24, 2.45) is 5.92 Å². The van der Waals surface area contributed by atoms with Gasteiger partial charge in [-0.1, -0.05) is 61.9 Å². The van der Waals surface area contributed by atoms with E-state index in [0.29, 0.717) is 24.5 Å². The second-order valence-corrected chi connectivity index (χ2v) is 8.91. The Hall–Kier alpha value is -2.99. The van der Waals surface area contributed by atoms with Gasteiger partial charge in [0.2, 0.25) is 0 Å². The highest BCUT2D eigenvalue weighted by Crippen LogP contribution is 2.38. The Kier molecular flexibility index (Phi) is 7.70. The van der Waals surface area contributed by atoms with Crippen LogP contribution in [0.15, 0.2) is 48.5 Å². The lowest BCUT2D eigenvalue weighted by Crippen LogP contribution is -2.21. The summed E-state index contributed by atoms with van der Waals surface area (Å²) in [4.78, 5) is 0. The van der Waals surface area contributed by atoms with Gasteiger partial charge in [0, 0.05) is 27.8 Å². The van der Waals surface area contributed by atoms with Gasteiger partial charge in [0.05, 0.1) is 12.7 Å². The standard InChI is InChI=1S/C29H27F5O/c1-3-5-17-7-9-19(24(30)15-17)20-10-11-21(27(32)26(20)31)22-12-13-23(29(34)28(22)33)25-14-8-18(6-4-2)16-35-25/h3,5,7,9-13,15,18,25H,4,6,8,14,16H2,1-2H3. The lowest BCUT2D eigenvalue weighted by atomic mass is 9.90. The Morgan fingerprint density at radius 3 is 1.97 bits per heavy atom. The summed E-state index contributed by atoms with van der Waals surface area (Å²) in [5.74, 6) is -5.42. The van der Waals surface area contributed by atoms with Gasteiger partial charge >= 0.3 is 0 Å². The van der Waals surface area contributed by atoms with Crippen LogP contribution in [-0.2, 0) is 4.74 Å². The zero-order chi connectivity index (χ0) is 25.1. The summed E-state index contributed by atoms with van der Waals surface area (Å²) >= 11 is 0. The molecule has 2 atom stereocenters. The molecule has 0 amide bonds. The van der Waals surface area contributed by atoms with E-state index >= 15 is 8.78 Å². The summed E-state index contributed by atoms with van der Waals surface area (Å²) in [5, 5.41) is 0. The SMILES string of the molecule is CC=Cc1ccc(-c2ccc(-c3ccc(C4CCC(CCC)CO4)c(F)c3F)c(F)c2F)c(F)c1. The van der Waals surface area contributed by atoms with E-state index in [1.807, 2.05) is 0 Å². The van der Waals surface area contributed by atoms with Gasteiger partial charge in [-0.2, -0.15) is 0 Å². The third kappa shape index (κ3) is 5.03. The first-order valence-electron chi connectivity index (χ1n) is 11.9. The Bertz CT molecular complexity index is 1240. The van der Waals surface area contributed by atoms with Gasteiger partial charge < -0.3 is 4.74 Å². The van der Waals surface area contributed by atoms with Crippen molar-refractivity contribution >= 4 is 6.08 Å². The number of halogens is 5. The molecule has 4 rings (SSSR count).